The van der Waals surface area contributed by atoms with Crippen molar-refractivity contribution in [1.29, 1.82) is 0 Å². The Labute approximate surface area is 73.4 Å². The summed E-state index contributed by atoms with van der Waals surface area (Å²) in [5.74, 6) is 0.954. The number of hydrogen-bond donors (Lipinski definition) is 1. The fourth-order valence-corrected chi connectivity index (χ4v) is 1.08. The summed E-state index contributed by atoms with van der Waals surface area (Å²) >= 11 is 0. The molecule has 0 bridgehead atoms. The van der Waals surface area contributed by atoms with E-state index in [-0.39, 0.29) is 0 Å². The maximum Gasteiger partial charge on any atom is 0.132 e. The first-order chi connectivity index (χ1) is 5.79. The first kappa shape index (κ1) is 8.78. The Hall–Kier alpha value is -1.31. The van der Waals surface area contributed by atoms with E-state index in [0.717, 1.165) is 23.5 Å². The van der Waals surface area contributed by atoms with Gasteiger partial charge in [0, 0.05) is 18.3 Å². The molecule has 1 aliphatic rings. The quantitative estimate of drug-likeness (QED) is 0.660. The Kier molecular flexibility index (Phi) is 2.86. The fraction of sp³-hybridized carbons (Fsp3) is 0.300. The minimum absolute atomic E-state index is 0.804. The predicted octanol–water partition coefficient (Wildman–Crippen LogP) is 2.02. The van der Waals surface area contributed by atoms with Crippen LogP contribution in [0.4, 0.5) is 0 Å². The van der Waals surface area contributed by atoms with Gasteiger partial charge in [-0.2, -0.15) is 0 Å². The molecule has 0 amide bonds. The van der Waals surface area contributed by atoms with E-state index in [0.29, 0.717) is 0 Å². The smallest absolute Gasteiger partial charge is 0.132 e. The van der Waals surface area contributed by atoms with E-state index in [1.807, 2.05) is 32.2 Å². The summed E-state index contributed by atoms with van der Waals surface area (Å²) in [6.07, 6.45) is 5.76. The SMILES string of the molecule is C=C/C(C)=C1\C=CNC1=NCC. The minimum atomic E-state index is 0.804. The summed E-state index contributed by atoms with van der Waals surface area (Å²) in [5.41, 5.74) is 2.30. The molecule has 0 radical (unpaired) electrons. The van der Waals surface area contributed by atoms with Gasteiger partial charge in [-0.1, -0.05) is 12.7 Å². The minimum Gasteiger partial charge on any atom is -0.346 e. The summed E-state index contributed by atoms with van der Waals surface area (Å²) in [6.45, 7) is 8.58. The van der Waals surface area contributed by atoms with Crippen molar-refractivity contribution in [3.63, 3.8) is 0 Å². The highest BCUT2D eigenvalue weighted by Gasteiger charge is 2.09. The lowest BCUT2D eigenvalue weighted by atomic mass is 10.1. The van der Waals surface area contributed by atoms with E-state index in [2.05, 4.69) is 16.9 Å². The Bertz CT molecular complexity index is 270. The number of allylic oxidation sites excluding steroid dienone is 2. The molecule has 0 fully saturated rings. The van der Waals surface area contributed by atoms with Crippen LogP contribution in [0.2, 0.25) is 0 Å². The number of rotatable bonds is 2. The van der Waals surface area contributed by atoms with Crippen molar-refractivity contribution in [3.05, 3.63) is 36.1 Å². The lowest BCUT2D eigenvalue weighted by molar-refractivity contribution is 1.10. The monoisotopic (exact) mass is 162 g/mol. The van der Waals surface area contributed by atoms with Crippen molar-refractivity contribution in [2.24, 2.45) is 4.99 Å². The predicted molar refractivity (Wildman–Crippen MR) is 53.1 cm³/mol. The number of nitrogens with zero attached hydrogens (tertiary/aromatic N) is 1. The van der Waals surface area contributed by atoms with Crippen molar-refractivity contribution in [2.45, 2.75) is 13.8 Å². The van der Waals surface area contributed by atoms with Gasteiger partial charge in [-0.3, -0.25) is 4.99 Å². The van der Waals surface area contributed by atoms with Crippen LogP contribution in [0.15, 0.2) is 41.1 Å². The zero-order valence-corrected chi connectivity index (χ0v) is 7.59. The fourth-order valence-electron chi connectivity index (χ4n) is 1.08. The van der Waals surface area contributed by atoms with Gasteiger partial charge in [0.25, 0.3) is 0 Å². The molecule has 64 valence electrons. The molecule has 0 spiro atoms. The Morgan fingerprint density at radius 2 is 2.50 bits per heavy atom. The third-order valence-electron chi connectivity index (χ3n) is 1.77. The molecule has 1 N–H and O–H groups in total. The van der Waals surface area contributed by atoms with Gasteiger partial charge in [-0.25, -0.2) is 0 Å². The molecular formula is C10H14N2. The van der Waals surface area contributed by atoms with Gasteiger partial charge in [-0.15, -0.1) is 0 Å². The van der Waals surface area contributed by atoms with Crippen molar-refractivity contribution >= 4 is 5.84 Å². The first-order valence-electron chi connectivity index (χ1n) is 4.10. The molecule has 0 aromatic heterocycles. The topological polar surface area (TPSA) is 24.4 Å². The highest BCUT2D eigenvalue weighted by atomic mass is 15.0. The van der Waals surface area contributed by atoms with Crippen LogP contribution in [0.1, 0.15) is 13.8 Å². The van der Waals surface area contributed by atoms with Gasteiger partial charge in [0.2, 0.25) is 0 Å². The zero-order chi connectivity index (χ0) is 8.97. The zero-order valence-electron chi connectivity index (χ0n) is 7.59. The first-order valence-corrected chi connectivity index (χ1v) is 4.10. The number of hydrogen-bond acceptors (Lipinski definition) is 1. The molecule has 0 unspecified atom stereocenters. The Morgan fingerprint density at radius 3 is 3.08 bits per heavy atom. The molecule has 0 saturated heterocycles. The van der Waals surface area contributed by atoms with Crippen LogP contribution in [0.25, 0.3) is 0 Å². The average Bonchev–Trinajstić information content (AvgIpc) is 2.52. The van der Waals surface area contributed by atoms with Crippen molar-refractivity contribution in [3.8, 4) is 0 Å². The van der Waals surface area contributed by atoms with Gasteiger partial charge in [0.1, 0.15) is 5.84 Å². The van der Waals surface area contributed by atoms with Crippen LogP contribution in [-0.4, -0.2) is 12.4 Å². The van der Waals surface area contributed by atoms with Crippen LogP contribution in [0.3, 0.4) is 0 Å². The van der Waals surface area contributed by atoms with Gasteiger partial charge >= 0.3 is 0 Å². The molecule has 1 heterocycles. The standard InChI is InChI=1S/C10H14N2/c1-4-8(3)9-6-7-12-10(9)11-5-2/h4,6-7H,1,5H2,2-3H3,(H,11,12)/b9-8+. The molecule has 0 atom stereocenters. The summed E-state index contributed by atoms with van der Waals surface area (Å²) in [5, 5.41) is 3.09. The largest absolute Gasteiger partial charge is 0.346 e. The van der Waals surface area contributed by atoms with E-state index in [1.165, 1.54) is 0 Å². The number of nitrogens with one attached hydrogen (secondary N) is 1. The van der Waals surface area contributed by atoms with Crippen molar-refractivity contribution < 1.29 is 0 Å². The van der Waals surface area contributed by atoms with Gasteiger partial charge < -0.3 is 5.32 Å². The molecule has 0 saturated carbocycles. The van der Waals surface area contributed by atoms with Crippen LogP contribution in [0, 0.1) is 0 Å². The highest BCUT2D eigenvalue weighted by Crippen LogP contribution is 2.12. The molecule has 0 aliphatic carbocycles. The van der Waals surface area contributed by atoms with Gasteiger partial charge in [0.15, 0.2) is 0 Å². The van der Waals surface area contributed by atoms with E-state index in [9.17, 15) is 0 Å². The second-order valence-electron chi connectivity index (χ2n) is 2.60. The summed E-state index contributed by atoms with van der Waals surface area (Å²) in [7, 11) is 0. The maximum atomic E-state index is 4.31. The molecular weight excluding hydrogens is 148 g/mol. The lowest BCUT2D eigenvalue weighted by Crippen LogP contribution is -2.14. The third-order valence-corrected chi connectivity index (χ3v) is 1.77. The third kappa shape index (κ3) is 1.64. The second kappa shape index (κ2) is 3.90. The average molecular weight is 162 g/mol. The molecule has 2 nitrogen and oxygen atoms in total. The maximum absolute atomic E-state index is 4.31. The van der Waals surface area contributed by atoms with Crippen LogP contribution < -0.4 is 5.32 Å². The van der Waals surface area contributed by atoms with E-state index >= 15 is 0 Å². The van der Waals surface area contributed by atoms with Crippen LogP contribution in [0.5, 0.6) is 0 Å². The van der Waals surface area contributed by atoms with E-state index < -0.39 is 0 Å². The molecule has 2 heteroatoms. The Balaban J connectivity index is 2.97. The summed E-state index contributed by atoms with van der Waals surface area (Å²) in [6, 6.07) is 0. The van der Waals surface area contributed by atoms with Crippen LogP contribution in [-0.2, 0) is 0 Å². The molecule has 0 aromatic carbocycles. The number of amidine groups is 1. The molecule has 12 heavy (non-hydrogen) atoms. The van der Waals surface area contributed by atoms with Gasteiger partial charge in [-0.05, 0) is 25.5 Å². The molecule has 1 aliphatic heterocycles. The van der Waals surface area contributed by atoms with Crippen molar-refractivity contribution in [2.75, 3.05) is 6.54 Å². The normalized spacial score (nSPS) is 22.7. The molecule has 0 aromatic rings. The lowest BCUT2D eigenvalue weighted by Gasteiger charge is -2.01. The second-order valence-corrected chi connectivity index (χ2v) is 2.60. The Morgan fingerprint density at radius 1 is 1.75 bits per heavy atom. The van der Waals surface area contributed by atoms with Crippen molar-refractivity contribution in [1.82, 2.24) is 5.32 Å². The van der Waals surface area contributed by atoms with E-state index in [1.54, 1.807) is 0 Å². The number of aliphatic imine (C=N–C) groups is 1. The van der Waals surface area contributed by atoms with Gasteiger partial charge in [0.05, 0.1) is 0 Å². The van der Waals surface area contributed by atoms with Crippen LogP contribution >= 0.6 is 0 Å². The molecule has 1 rings (SSSR count). The highest BCUT2D eigenvalue weighted by molar-refractivity contribution is 6.04. The summed E-state index contributed by atoms with van der Waals surface area (Å²) in [4.78, 5) is 4.31. The summed E-state index contributed by atoms with van der Waals surface area (Å²) < 4.78 is 0. The van der Waals surface area contributed by atoms with E-state index in [4.69, 9.17) is 0 Å².